The number of carbonyl (C=O) groups excluding carboxylic acids is 4. The first-order valence-electron chi connectivity index (χ1n) is 12.2. The van der Waals surface area contributed by atoms with Crippen molar-refractivity contribution in [2.24, 2.45) is 11.5 Å². The minimum Gasteiger partial charge on any atom is -0.480 e. The minimum absolute atomic E-state index is 0.137. The summed E-state index contributed by atoms with van der Waals surface area (Å²) in [6.45, 7) is 0. The zero-order valence-corrected chi connectivity index (χ0v) is 21.2. The number of carboxylic acids is 1. The number of amides is 4. The predicted octanol–water partition coefficient (Wildman–Crippen LogP) is -1.33. The quantitative estimate of drug-likeness (QED) is 0.148. The molecule has 14 nitrogen and oxygen atoms in total. The molecule has 0 fully saturated rings. The van der Waals surface area contributed by atoms with Gasteiger partial charge in [0.05, 0.1) is 17.3 Å². The summed E-state index contributed by atoms with van der Waals surface area (Å²) in [5.41, 5.74) is 9.51. The van der Waals surface area contributed by atoms with E-state index >= 15 is 0 Å². The topological polar surface area (TPSA) is 237 Å². The SMILES string of the molecule is NC(=O)CCC(NC(=O)C(CC(N)=O)NC(=O)C(Cc1ccccc1)n1c(=O)[nH]c2ccccc2c1=O)C(=O)O. The van der Waals surface area contributed by atoms with E-state index in [0.29, 0.717) is 5.56 Å². The molecule has 0 aliphatic rings. The molecule has 40 heavy (non-hydrogen) atoms. The van der Waals surface area contributed by atoms with Crippen LogP contribution in [0.15, 0.2) is 64.2 Å². The number of primary amides is 2. The van der Waals surface area contributed by atoms with Crippen molar-refractivity contribution in [2.75, 3.05) is 0 Å². The van der Waals surface area contributed by atoms with Gasteiger partial charge in [0.25, 0.3) is 5.56 Å². The number of hydrogen-bond donors (Lipinski definition) is 6. The van der Waals surface area contributed by atoms with Crippen LogP contribution in [-0.4, -0.2) is 56.3 Å². The van der Waals surface area contributed by atoms with Crippen LogP contribution in [0.2, 0.25) is 0 Å². The van der Waals surface area contributed by atoms with Gasteiger partial charge in [0.15, 0.2) is 0 Å². The monoisotopic (exact) mass is 552 g/mol. The van der Waals surface area contributed by atoms with Crippen molar-refractivity contribution in [2.45, 2.75) is 43.8 Å². The molecule has 210 valence electrons. The molecule has 2 aromatic carbocycles. The van der Waals surface area contributed by atoms with Gasteiger partial charge in [-0.3, -0.25) is 24.0 Å². The molecule has 3 atom stereocenters. The summed E-state index contributed by atoms with van der Waals surface area (Å²) in [5, 5.41) is 14.0. The van der Waals surface area contributed by atoms with Crippen molar-refractivity contribution < 1.29 is 29.1 Å². The molecular formula is C26H28N6O8. The first-order chi connectivity index (χ1) is 19.0. The summed E-state index contributed by atoms with van der Waals surface area (Å²) < 4.78 is 0.719. The molecule has 3 aromatic rings. The van der Waals surface area contributed by atoms with E-state index in [1.807, 2.05) is 0 Å². The van der Waals surface area contributed by atoms with E-state index in [-0.39, 0.29) is 30.2 Å². The Balaban J connectivity index is 1.99. The van der Waals surface area contributed by atoms with E-state index in [0.717, 1.165) is 4.57 Å². The second-order valence-corrected chi connectivity index (χ2v) is 8.99. The third kappa shape index (κ3) is 7.40. The van der Waals surface area contributed by atoms with Gasteiger partial charge in [-0.05, 0) is 24.1 Å². The molecule has 1 aromatic heterocycles. The summed E-state index contributed by atoms with van der Waals surface area (Å²) in [7, 11) is 0. The fourth-order valence-corrected chi connectivity index (χ4v) is 4.09. The van der Waals surface area contributed by atoms with Gasteiger partial charge < -0.3 is 32.2 Å². The fourth-order valence-electron chi connectivity index (χ4n) is 4.09. The van der Waals surface area contributed by atoms with Crippen LogP contribution in [0.1, 0.15) is 30.9 Å². The number of aliphatic carboxylic acids is 1. The van der Waals surface area contributed by atoms with Gasteiger partial charge in [-0.15, -0.1) is 0 Å². The first-order valence-corrected chi connectivity index (χ1v) is 12.2. The normalized spacial score (nSPS) is 13.1. The Morgan fingerprint density at radius 3 is 2.10 bits per heavy atom. The van der Waals surface area contributed by atoms with Gasteiger partial charge >= 0.3 is 11.7 Å². The van der Waals surface area contributed by atoms with Gasteiger partial charge in [0.1, 0.15) is 18.1 Å². The van der Waals surface area contributed by atoms with E-state index < -0.39 is 65.4 Å². The van der Waals surface area contributed by atoms with Crippen LogP contribution in [-0.2, 0) is 30.4 Å². The molecule has 0 saturated heterocycles. The molecular weight excluding hydrogens is 524 g/mol. The van der Waals surface area contributed by atoms with Crippen LogP contribution in [0, 0.1) is 0 Å². The summed E-state index contributed by atoms with van der Waals surface area (Å²) in [4.78, 5) is 89.8. The van der Waals surface area contributed by atoms with E-state index in [2.05, 4.69) is 15.6 Å². The molecule has 8 N–H and O–H groups in total. The smallest absolute Gasteiger partial charge is 0.329 e. The number of nitrogens with zero attached hydrogens (tertiary/aromatic N) is 1. The molecule has 0 aliphatic carbocycles. The van der Waals surface area contributed by atoms with Crippen molar-refractivity contribution in [3.63, 3.8) is 0 Å². The average molecular weight is 553 g/mol. The number of H-pyrrole nitrogens is 1. The number of carbonyl (C=O) groups is 5. The number of nitrogens with one attached hydrogen (secondary N) is 3. The number of aromatic nitrogens is 2. The van der Waals surface area contributed by atoms with Gasteiger partial charge in [0.2, 0.25) is 23.6 Å². The third-order valence-electron chi connectivity index (χ3n) is 6.06. The lowest BCUT2D eigenvalue weighted by Gasteiger charge is -2.24. The molecule has 0 bridgehead atoms. The molecule has 0 spiro atoms. The predicted molar refractivity (Wildman–Crippen MR) is 142 cm³/mol. The lowest BCUT2D eigenvalue weighted by molar-refractivity contribution is -0.142. The standard InChI is InChI=1S/C26H28N6O8/c27-20(33)11-10-17(25(38)39)29-22(35)18(13-21(28)34)30-23(36)19(12-14-6-2-1-3-7-14)32-24(37)15-8-4-5-9-16(15)31-26(32)40/h1-9,17-19H,10-13H2,(H2,27,33)(H2,28,34)(H,29,35)(H,30,36)(H,31,40)(H,38,39). The Morgan fingerprint density at radius 1 is 0.850 bits per heavy atom. The maximum atomic E-state index is 13.6. The van der Waals surface area contributed by atoms with Gasteiger partial charge in [0, 0.05) is 12.8 Å². The largest absolute Gasteiger partial charge is 0.480 e. The summed E-state index contributed by atoms with van der Waals surface area (Å²) in [6, 6.07) is 9.98. The van der Waals surface area contributed by atoms with Crippen molar-refractivity contribution in [3.05, 3.63) is 81.0 Å². The van der Waals surface area contributed by atoms with Crippen LogP contribution in [0.4, 0.5) is 0 Å². The number of hydrogen-bond acceptors (Lipinski definition) is 7. The highest BCUT2D eigenvalue weighted by molar-refractivity contribution is 5.94. The number of nitrogens with two attached hydrogens (primary N) is 2. The third-order valence-corrected chi connectivity index (χ3v) is 6.06. The number of rotatable bonds is 13. The van der Waals surface area contributed by atoms with Gasteiger partial charge in [-0.25, -0.2) is 14.2 Å². The highest BCUT2D eigenvalue weighted by Crippen LogP contribution is 2.14. The van der Waals surface area contributed by atoms with Crippen molar-refractivity contribution in [1.29, 1.82) is 0 Å². The number of aromatic amines is 1. The maximum Gasteiger partial charge on any atom is 0.329 e. The van der Waals surface area contributed by atoms with Crippen LogP contribution < -0.4 is 33.3 Å². The number of benzene rings is 2. The van der Waals surface area contributed by atoms with Crippen LogP contribution in [0.25, 0.3) is 10.9 Å². The summed E-state index contributed by atoms with van der Waals surface area (Å²) in [5.74, 6) is -5.32. The van der Waals surface area contributed by atoms with E-state index in [1.54, 1.807) is 42.5 Å². The molecule has 1 heterocycles. The van der Waals surface area contributed by atoms with E-state index in [4.69, 9.17) is 11.5 Å². The zero-order chi connectivity index (χ0) is 29.4. The Morgan fingerprint density at radius 2 is 1.48 bits per heavy atom. The van der Waals surface area contributed by atoms with Crippen molar-refractivity contribution in [3.8, 4) is 0 Å². The molecule has 3 unspecified atom stereocenters. The Hall–Kier alpha value is -5.27. The van der Waals surface area contributed by atoms with Gasteiger partial charge in [-0.2, -0.15) is 0 Å². The lowest BCUT2D eigenvalue weighted by atomic mass is 10.0. The van der Waals surface area contributed by atoms with Gasteiger partial charge in [-0.1, -0.05) is 42.5 Å². The Bertz CT molecular complexity index is 1550. The summed E-state index contributed by atoms with van der Waals surface area (Å²) in [6.07, 6.45) is -1.56. The van der Waals surface area contributed by atoms with Crippen LogP contribution >= 0.6 is 0 Å². The molecule has 0 saturated carbocycles. The van der Waals surface area contributed by atoms with E-state index in [9.17, 15) is 38.7 Å². The summed E-state index contributed by atoms with van der Waals surface area (Å²) >= 11 is 0. The van der Waals surface area contributed by atoms with Crippen molar-refractivity contribution >= 4 is 40.5 Å². The molecule has 0 radical (unpaired) electrons. The minimum atomic E-state index is -1.66. The molecule has 4 amide bonds. The van der Waals surface area contributed by atoms with Crippen LogP contribution in [0.5, 0.6) is 0 Å². The second kappa shape index (κ2) is 13.0. The second-order valence-electron chi connectivity index (χ2n) is 8.99. The first kappa shape index (κ1) is 29.3. The molecule has 0 aliphatic heterocycles. The number of carboxylic acid groups (broad SMARTS) is 1. The average Bonchev–Trinajstić information content (AvgIpc) is 2.90. The molecule has 3 rings (SSSR count). The molecule has 14 heteroatoms. The highest BCUT2D eigenvalue weighted by atomic mass is 16.4. The van der Waals surface area contributed by atoms with Crippen molar-refractivity contribution in [1.82, 2.24) is 20.2 Å². The zero-order valence-electron chi connectivity index (χ0n) is 21.2. The lowest BCUT2D eigenvalue weighted by Crippen LogP contribution is -2.55. The fraction of sp³-hybridized carbons (Fsp3) is 0.269. The maximum absolute atomic E-state index is 13.6. The Labute approximate surface area is 226 Å². The van der Waals surface area contributed by atoms with E-state index in [1.165, 1.54) is 12.1 Å². The Kier molecular flexibility index (Phi) is 9.52. The van der Waals surface area contributed by atoms with Crippen LogP contribution in [0.3, 0.4) is 0 Å². The highest BCUT2D eigenvalue weighted by Gasteiger charge is 2.32. The number of fused-ring (bicyclic) bond motifs is 1. The number of para-hydroxylation sites is 1.